The lowest BCUT2D eigenvalue weighted by atomic mass is 9.97. The van der Waals surface area contributed by atoms with Crippen molar-refractivity contribution in [2.24, 2.45) is 5.10 Å². The zero-order chi connectivity index (χ0) is 21.9. The van der Waals surface area contributed by atoms with E-state index in [9.17, 15) is 9.59 Å². The number of ether oxygens (including phenoxy) is 1. The van der Waals surface area contributed by atoms with Crippen LogP contribution in [-0.2, 0) is 9.53 Å². The van der Waals surface area contributed by atoms with E-state index in [0.29, 0.717) is 6.42 Å². The highest BCUT2D eigenvalue weighted by Crippen LogP contribution is 2.33. The maximum absolute atomic E-state index is 13.0. The van der Waals surface area contributed by atoms with Crippen LogP contribution in [0.2, 0.25) is 0 Å². The van der Waals surface area contributed by atoms with Crippen LogP contribution in [0.5, 0.6) is 0 Å². The van der Waals surface area contributed by atoms with Gasteiger partial charge in [-0.05, 0) is 40.1 Å². The maximum Gasteiger partial charge on any atom is 0.374 e. The number of hydrazone groups is 1. The molecular formula is C26H20N2O4. The summed E-state index contributed by atoms with van der Waals surface area (Å²) in [5.74, 6) is -1.02. The van der Waals surface area contributed by atoms with E-state index >= 15 is 0 Å². The van der Waals surface area contributed by atoms with Crippen molar-refractivity contribution in [3.05, 3.63) is 108 Å². The van der Waals surface area contributed by atoms with Gasteiger partial charge >= 0.3 is 5.97 Å². The average molecular weight is 424 g/mol. The predicted octanol–water partition coefficient (Wildman–Crippen LogP) is 4.97. The van der Waals surface area contributed by atoms with Crippen LogP contribution in [0.25, 0.3) is 10.8 Å². The number of nitrogens with zero attached hydrogens (tertiary/aromatic N) is 2. The molecule has 6 nitrogen and oxygen atoms in total. The van der Waals surface area contributed by atoms with Crippen molar-refractivity contribution in [1.29, 1.82) is 0 Å². The topological polar surface area (TPSA) is 72.1 Å². The van der Waals surface area contributed by atoms with E-state index in [4.69, 9.17) is 9.15 Å². The van der Waals surface area contributed by atoms with Crippen LogP contribution in [0.3, 0.4) is 0 Å². The van der Waals surface area contributed by atoms with Crippen molar-refractivity contribution < 1.29 is 18.7 Å². The predicted molar refractivity (Wildman–Crippen MR) is 120 cm³/mol. The summed E-state index contributed by atoms with van der Waals surface area (Å²) in [6.07, 6.45) is 1.95. The molecule has 158 valence electrons. The maximum atomic E-state index is 13.0. The number of fused-ring (bicyclic) bond motifs is 1. The van der Waals surface area contributed by atoms with Crippen molar-refractivity contribution in [2.75, 3.05) is 6.61 Å². The molecule has 1 aromatic heterocycles. The largest absolute Gasteiger partial charge is 0.457 e. The summed E-state index contributed by atoms with van der Waals surface area (Å²) >= 11 is 0. The van der Waals surface area contributed by atoms with Gasteiger partial charge in [-0.1, -0.05) is 66.7 Å². The molecule has 0 bridgehead atoms. The van der Waals surface area contributed by atoms with E-state index in [1.165, 1.54) is 17.3 Å². The van der Waals surface area contributed by atoms with Gasteiger partial charge in [0, 0.05) is 6.42 Å². The minimum atomic E-state index is -0.683. The van der Waals surface area contributed by atoms with Gasteiger partial charge in [-0.3, -0.25) is 4.79 Å². The number of hydrogen-bond acceptors (Lipinski definition) is 5. The third kappa shape index (κ3) is 3.90. The molecule has 4 aromatic rings. The Kier molecular flexibility index (Phi) is 5.25. The first kappa shape index (κ1) is 19.8. The summed E-state index contributed by atoms with van der Waals surface area (Å²) in [5.41, 5.74) is 2.75. The van der Waals surface area contributed by atoms with Gasteiger partial charge in [-0.25, -0.2) is 9.80 Å². The Morgan fingerprint density at radius 1 is 0.938 bits per heavy atom. The van der Waals surface area contributed by atoms with Gasteiger partial charge in [0.1, 0.15) is 0 Å². The van der Waals surface area contributed by atoms with Gasteiger partial charge in [0.05, 0.1) is 18.0 Å². The molecule has 6 heteroatoms. The first-order valence-corrected chi connectivity index (χ1v) is 10.3. The zero-order valence-electron chi connectivity index (χ0n) is 17.2. The molecule has 0 spiro atoms. The van der Waals surface area contributed by atoms with Crippen LogP contribution in [0.1, 0.15) is 34.1 Å². The number of benzene rings is 3. The summed E-state index contributed by atoms with van der Waals surface area (Å²) in [7, 11) is 0. The van der Waals surface area contributed by atoms with Crippen molar-refractivity contribution in [2.45, 2.75) is 12.5 Å². The lowest BCUT2D eigenvalue weighted by Gasteiger charge is -2.21. The lowest BCUT2D eigenvalue weighted by molar-refractivity contribution is -0.136. The Hall–Kier alpha value is -4.19. The summed E-state index contributed by atoms with van der Waals surface area (Å²) in [5, 5.41) is 8.33. The number of rotatable bonds is 5. The highest BCUT2D eigenvalue weighted by Gasteiger charge is 2.33. The van der Waals surface area contributed by atoms with E-state index in [0.717, 1.165) is 27.6 Å². The number of esters is 1. The summed E-state index contributed by atoms with van der Waals surface area (Å²) in [4.78, 5) is 25.1. The molecule has 1 atom stereocenters. The van der Waals surface area contributed by atoms with Crippen LogP contribution in [0.15, 0.2) is 101 Å². The molecule has 0 radical (unpaired) electrons. The highest BCUT2D eigenvalue weighted by molar-refractivity contribution is 6.05. The standard InChI is InChI=1S/C26H20N2O4/c29-25(17-32-26(30)24-11-6-14-31-24)28-23(19-8-2-1-3-9-19)16-22(27-28)21-13-12-18-7-4-5-10-20(18)15-21/h1-15,23H,16-17H2/t23-/m1/s1. The number of amides is 1. The number of carbonyl (C=O) groups is 2. The SMILES string of the molecule is O=C(OCC(=O)N1N=C(c2ccc3ccccc3c2)C[C@@H]1c1ccccc1)c1ccco1. The van der Waals surface area contributed by atoms with Crippen molar-refractivity contribution in [3.8, 4) is 0 Å². The van der Waals surface area contributed by atoms with Gasteiger partial charge in [0.15, 0.2) is 6.61 Å². The molecule has 2 heterocycles. The van der Waals surface area contributed by atoms with Gasteiger partial charge in [-0.2, -0.15) is 5.10 Å². The minimum absolute atomic E-state index is 0.0548. The van der Waals surface area contributed by atoms with Crippen molar-refractivity contribution in [3.63, 3.8) is 0 Å². The molecule has 0 N–H and O–H groups in total. The summed E-state index contributed by atoms with van der Waals surface area (Å²) < 4.78 is 10.2. The Balaban J connectivity index is 1.41. The Labute approximate surface area is 184 Å². The average Bonchev–Trinajstić information content (AvgIpc) is 3.53. The zero-order valence-corrected chi connectivity index (χ0v) is 17.2. The number of carbonyl (C=O) groups excluding carboxylic acids is 2. The third-order valence-corrected chi connectivity index (χ3v) is 5.48. The second-order valence-electron chi connectivity index (χ2n) is 7.53. The van der Waals surface area contributed by atoms with Crippen molar-refractivity contribution >= 4 is 28.4 Å². The molecule has 1 amide bonds. The second kappa shape index (κ2) is 8.51. The van der Waals surface area contributed by atoms with Crippen LogP contribution < -0.4 is 0 Å². The summed E-state index contributed by atoms with van der Waals surface area (Å²) in [6.45, 7) is -0.419. The van der Waals surface area contributed by atoms with Crippen LogP contribution in [0, 0.1) is 0 Å². The second-order valence-corrected chi connectivity index (χ2v) is 7.53. The molecule has 1 aliphatic heterocycles. The third-order valence-electron chi connectivity index (χ3n) is 5.48. The van der Waals surface area contributed by atoms with Crippen LogP contribution in [0.4, 0.5) is 0 Å². The van der Waals surface area contributed by atoms with Gasteiger partial charge in [-0.15, -0.1) is 0 Å². The van der Waals surface area contributed by atoms with E-state index < -0.39 is 18.5 Å². The first-order valence-electron chi connectivity index (χ1n) is 10.3. The fourth-order valence-corrected chi connectivity index (χ4v) is 3.88. The molecule has 0 saturated heterocycles. The molecule has 32 heavy (non-hydrogen) atoms. The van der Waals surface area contributed by atoms with E-state index in [1.54, 1.807) is 6.07 Å². The monoisotopic (exact) mass is 424 g/mol. The minimum Gasteiger partial charge on any atom is -0.457 e. The summed E-state index contributed by atoms with van der Waals surface area (Å²) in [6, 6.07) is 26.8. The van der Waals surface area contributed by atoms with Gasteiger partial charge < -0.3 is 9.15 Å². The molecule has 3 aromatic carbocycles. The molecular weight excluding hydrogens is 404 g/mol. The Bertz CT molecular complexity index is 1300. The van der Waals surface area contributed by atoms with Gasteiger partial charge in [0.25, 0.3) is 5.91 Å². The molecule has 0 unspecified atom stereocenters. The molecule has 0 aliphatic carbocycles. The molecule has 5 rings (SSSR count). The molecule has 0 saturated carbocycles. The molecule has 1 aliphatic rings. The fourth-order valence-electron chi connectivity index (χ4n) is 3.88. The van der Waals surface area contributed by atoms with E-state index in [2.05, 4.69) is 29.4 Å². The van der Waals surface area contributed by atoms with Gasteiger partial charge in [0.2, 0.25) is 5.76 Å². The molecule has 0 fully saturated rings. The normalized spacial score (nSPS) is 15.6. The number of furan rings is 1. The van der Waals surface area contributed by atoms with E-state index in [1.807, 2.05) is 48.5 Å². The van der Waals surface area contributed by atoms with Crippen LogP contribution in [-0.4, -0.2) is 29.2 Å². The Morgan fingerprint density at radius 3 is 2.50 bits per heavy atom. The Morgan fingerprint density at radius 2 is 1.72 bits per heavy atom. The highest BCUT2D eigenvalue weighted by atomic mass is 16.5. The van der Waals surface area contributed by atoms with Crippen molar-refractivity contribution in [1.82, 2.24) is 5.01 Å². The fraction of sp³-hybridized carbons (Fsp3) is 0.115. The first-order chi connectivity index (χ1) is 15.7. The smallest absolute Gasteiger partial charge is 0.374 e. The van der Waals surface area contributed by atoms with Crippen LogP contribution >= 0.6 is 0 Å². The lowest BCUT2D eigenvalue weighted by Crippen LogP contribution is -2.31. The number of hydrogen-bond donors (Lipinski definition) is 0. The quantitative estimate of drug-likeness (QED) is 0.424. The van der Waals surface area contributed by atoms with E-state index in [-0.39, 0.29) is 11.8 Å².